The number of ether oxygens (including phenoxy) is 2. The summed E-state index contributed by atoms with van der Waals surface area (Å²) < 4.78 is 13.1. The molecule has 1 aromatic heterocycles. The van der Waals surface area contributed by atoms with Crippen LogP contribution in [0, 0.1) is 0 Å². The van der Waals surface area contributed by atoms with Crippen molar-refractivity contribution in [2.75, 3.05) is 44.9 Å². The van der Waals surface area contributed by atoms with Crippen LogP contribution in [-0.2, 0) is 11.3 Å². The Balaban J connectivity index is 1.57. The Bertz CT molecular complexity index is 782. The SMILES string of the molecule is COc1ccc(C(=O)NCCCn2ccnc2C(C)C)cc1N1CCOCC1. The fourth-order valence-electron chi connectivity index (χ4n) is 3.45. The van der Waals surface area contributed by atoms with E-state index in [1.54, 1.807) is 7.11 Å². The van der Waals surface area contributed by atoms with E-state index in [1.807, 2.05) is 30.6 Å². The highest BCUT2D eigenvalue weighted by Crippen LogP contribution is 2.30. The van der Waals surface area contributed by atoms with Crippen LogP contribution in [0.25, 0.3) is 0 Å². The minimum Gasteiger partial charge on any atom is -0.495 e. The van der Waals surface area contributed by atoms with Crippen LogP contribution in [0.2, 0.25) is 0 Å². The van der Waals surface area contributed by atoms with Gasteiger partial charge < -0.3 is 24.3 Å². The zero-order valence-electron chi connectivity index (χ0n) is 17.0. The van der Waals surface area contributed by atoms with Crippen molar-refractivity contribution in [3.63, 3.8) is 0 Å². The number of nitrogens with one attached hydrogen (secondary N) is 1. The van der Waals surface area contributed by atoms with E-state index in [2.05, 4.69) is 33.6 Å². The van der Waals surface area contributed by atoms with E-state index < -0.39 is 0 Å². The highest BCUT2D eigenvalue weighted by Gasteiger charge is 2.18. The van der Waals surface area contributed by atoms with Crippen molar-refractivity contribution < 1.29 is 14.3 Å². The molecule has 1 fully saturated rings. The molecule has 1 N–H and O–H groups in total. The first kappa shape index (κ1) is 20.2. The number of methoxy groups -OCH3 is 1. The lowest BCUT2D eigenvalue weighted by molar-refractivity contribution is 0.0952. The number of rotatable bonds is 8. The Labute approximate surface area is 166 Å². The molecule has 1 amide bonds. The molecule has 0 bridgehead atoms. The van der Waals surface area contributed by atoms with E-state index in [9.17, 15) is 4.79 Å². The molecule has 1 saturated heterocycles. The number of anilines is 1. The fourth-order valence-corrected chi connectivity index (χ4v) is 3.45. The van der Waals surface area contributed by atoms with Crippen molar-refractivity contribution in [1.82, 2.24) is 14.9 Å². The molecule has 3 rings (SSSR count). The van der Waals surface area contributed by atoms with Crippen LogP contribution >= 0.6 is 0 Å². The van der Waals surface area contributed by atoms with Crippen molar-refractivity contribution in [2.45, 2.75) is 32.7 Å². The third kappa shape index (κ3) is 4.84. The Kier molecular flexibility index (Phi) is 6.92. The summed E-state index contributed by atoms with van der Waals surface area (Å²) in [6.07, 6.45) is 4.68. The number of morpholine rings is 1. The van der Waals surface area contributed by atoms with E-state index in [-0.39, 0.29) is 5.91 Å². The Morgan fingerprint density at radius 3 is 2.82 bits per heavy atom. The summed E-state index contributed by atoms with van der Waals surface area (Å²) in [5, 5.41) is 3.02. The molecule has 28 heavy (non-hydrogen) atoms. The Hall–Kier alpha value is -2.54. The highest BCUT2D eigenvalue weighted by atomic mass is 16.5. The molecule has 0 saturated carbocycles. The summed E-state index contributed by atoms with van der Waals surface area (Å²) >= 11 is 0. The van der Waals surface area contributed by atoms with Gasteiger partial charge in [0.25, 0.3) is 5.91 Å². The van der Waals surface area contributed by atoms with Crippen molar-refractivity contribution in [1.29, 1.82) is 0 Å². The van der Waals surface area contributed by atoms with E-state index in [0.29, 0.717) is 31.2 Å². The third-order valence-corrected chi connectivity index (χ3v) is 4.92. The summed E-state index contributed by atoms with van der Waals surface area (Å²) in [4.78, 5) is 19.2. The zero-order chi connectivity index (χ0) is 19.9. The fraction of sp³-hybridized carbons (Fsp3) is 0.524. The Morgan fingerprint density at radius 2 is 2.11 bits per heavy atom. The molecule has 0 unspecified atom stereocenters. The zero-order valence-corrected chi connectivity index (χ0v) is 17.0. The predicted molar refractivity (Wildman–Crippen MR) is 109 cm³/mol. The Morgan fingerprint density at radius 1 is 1.32 bits per heavy atom. The summed E-state index contributed by atoms with van der Waals surface area (Å²) in [5.41, 5.74) is 1.59. The molecule has 0 atom stereocenters. The van der Waals surface area contributed by atoms with Gasteiger partial charge in [-0.25, -0.2) is 4.98 Å². The number of benzene rings is 1. The smallest absolute Gasteiger partial charge is 0.251 e. The molecule has 152 valence electrons. The second-order valence-electron chi connectivity index (χ2n) is 7.23. The van der Waals surface area contributed by atoms with Gasteiger partial charge in [-0.2, -0.15) is 0 Å². The molecule has 0 spiro atoms. The van der Waals surface area contributed by atoms with Gasteiger partial charge in [0.05, 0.1) is 26.0 Å². The molecule has 0 radical (unpaired) electrons. The number of amides is 1. The lowest BCUT2D eigenvalue weighted by atomic mass is 10.1. The van der Waals surface area contributed by atoms with Gasteiger partial charge in [-0.1, -0.05) is 13.8 Å². The highest BCUT2D eigenvalue weighted by molar-refractivity contribution is 5.95. The maximum atomic E-state index is 12.6. The first-order valence-electron chi connectivity index (χ1n) is 9.90. The normalized spacial score (nSPS) is 14.4. The summed E-state index contributed by atoms with van der Waals surface area (Å²) in [6, 6.07) is 5.58. The standard InChI is InChI=1S/C21H30N4O3/c1-16(2)20-22-8-10-25(20)9-4-7-23-21(26)17-5-6-19(27-3)18(15-17)24-11-13-28-14-12-24/h5-6,8,10,15-16H,4,7,9,11-14H2,1-3H3,(H,23,26). The van der Waals surface area contributed by atoms with Crippen molar-refractivity contribution in [3.8, 4) is 5.75 Å². The van der Waals surface area contributed by atoms with Gasteiger partial charge in [0.2, 0.25) is 0 Å². The van der Waals surface area contributed by atoms with Gasteiger partial charge in [-0.15, -0.1) is 0 Å². The topological polar surface area (TPSA) is 68.6 Å². The first-order valence-corrected chi connectivity index (χ1v) is 9.90. The number of aryl methyl sites for hydroxylation is 1. The van der Waals surface area contributed by atoms with E-state index >= 15 is 0 Å². The number of imidazole rings is 1. The summed E-state index contributed by atoms with van der Waals surface area (Å²) in [5.74, 6) is 2.19. The molecular formula is C21H30N4O3. The predicted octanol–water partition coefficient (Wildman–Crippen LogP) is 2.67. The molecule has 1 aromatic carbocycles. The number of nitrogens with zero attached hydrogens (tertiary/aromatic N) is 3. The molecule has 7 heteroatoms. The number of aromatic nitrogens is 2. The largest absolute Gasteiger partial charge is 0.495 e. The van der Waals surface area contributed by atoms with Crippen molar-refractivity contribution in [3.05, 3.63) is 42.0 Å². The summed E-state index contributed by atoms with van der Waals surface area (Å²) in [6.45, 7) is 8.70. The van der Waals surface area contributed by atoms with Crippen molar-refractivity contribution in [2.24, 2.45) is 0 Å². The molecule has 2 heterocycles. The minimum atomic E-state index is -0.0631. The first-order chi connectivity index (χ1) is 13.6. The van der Waals surface area contributed by atoms with Gasteiger partial charge >= 0.3 is 0 Å². The molecule has 1 aliphatic heterocycles. The number of carbonyl (C=O) groups is 1. The van der Waals surface area contributed by atoms with Crippen LogP contribution in [0.5, 0.6) is 5.75 Å². The van der Waals surface area contributed by atoms with Gasteiger partial charge in [0.15, 0.2) is 0 Å². The van der Waals surface area contributed by atoms with Gasteiger partial charge in [-0.05, 0) is 24.6 Å². The second kappa shape index (κ2) is 9.59. The van der Waals surface area contributed by atoms with Crippen LogP contribution in [0.3, 0.4) is 0 Å². The van der Waals surface area contributed by atoms with Gasteiger partial charge in [0, 0.05) is 50.1 Å². The second-order valence-corrected chi connectivity index (χ2v) is 7.23. The van der Waals surface area contributed by atoms with Crippen LogP contribution in [0.1, 0.15) is 42.4 Å². The molecule has 1 aliphatic rings. The van der Waals surface area contributed by atoms with Crippen LogP contribution in [0.15, 0.2) is 30.6 Å². The quantitative estimate of drug-likeness (QED) is 0.707. The molecule has 2 aromatic rings. The minimum absolute atomic E-state index is 0.0631. The van der Waals surface area contributed by atoms with E-state index in [1.165, 1.54) is 0 Å². The average Bonchev–Trinajstić information content (AvgIpc) is 3.20. The van der Waals surface area contributed by atoms with E-state index in [4.69, 9.17) is 9.47 Å². The van der Waals surface area contributed by atoms with Crippen LogP contribution in [0.4, 0.5) is 5.69 Å². The molecule has 7 nitrogen and oxygen atoms in total. The van der Waals surface area contributed by atoms with Gasteiger partial charge in [-0.3, -0.25) is 4.79 Å². The third-order valence-electron chi connectivity index (χ3n) is 4.92. The summed E-state index contributed by atoms with van der Waals surface area (Å²) in [7, 11) is 1.65. The molecule has 0 aliphatic carbocycles. The van der Waals surface area contributed by atoms with E-state index in [0.717, 1.165) is 43.3 Å². The van der Waals surface area contributed by atoms with Gasteiger partial charge in [0.1, 0.15) is 11.6 Å². The lowest BCUT2D eigenvalue weighted by Gasteiger charge is -2.30. The monoisotopic (exact) mass is 386 g/mol. The maximum absolute atomic E-state index is 12.6. The lowest BCUT2D eigenvalue weighted by Crippen LogP contribution is -2.36. The number of hydrogen-bond acceptors (Lipinski definition) is 5. The molecular weight excluding hydrogens is 356 g/mol. The van der Waals surface area contributed by atoms with Crippen LogP contribution < -0.4 is 15.0 Å². The maximum Gasteiger partial charge on any atom is 0.251 e. The van der Waals surface area contributed by atoms with Crippen molar-refractivity contribution >= 4 is 11.6 Å². The number of carbonyl (C=O) groups excluding carboxylic acids is 1. The van der Waals surface area contributed by atoms with Crippen LogP contribution in [-0.4, -0.2) is 55.4 Å². The number of hydrogen-bond donors (Lipinski definition) is 1. The average molecular weight is 386 g/mol.